The highest BCUT2D eigenvalue weighted by Gasteiger charge is 2.16. The number of carbonyl (C=O) groups excluding carboxylic acids is 3. The number of rotatable bonds is 7. The summed E-state index contributed by atoms with van der Waals surface area (Å²) in [5.41, 5.74) is 5.12. The molecule has 0 aliphatic carbocycles. The average Bonchev–Trinajstić information content (AvgIpc) is 2.73. The number of urea groups is 1. The van der Waals surface area contributed by atoms with Gasteiger partial charge in [0.2, 0.25) is 0 Å². The zero-order valence-corrected chi connectivity index (χ0v) is 16.4. The quantitative estimate of drug-likeness (QED) is 0.485. The van der Waals surface area contributed by atoms with Gasteiger partial charge in [0, 0.05) is 5.69 Å². The van der Waals surface area contributed by atoms with Crippen LogP contribution in [-0.2, 0) is 9.53 Å². The summed E-state index contributed by atoms with van der Waals surface area (Å²) in [5, 5.41) is 2.50. The van der Waals surface area contributed by atoms with Gasteiger partial charge in [-0.05, 0) is 56.3 Å². The number of hydrogen-bond acceptors (Lipinski definition) is 6. The first-order valence-corrected chi connectivity index (χ1v) is 8.87. The summed E-state index contributed by atoms with van der Waals surface area (Å²) < 4.78 is 15.5. The van der Waals surface area contributed by atoms with Crippen LogP contribution in [0.5, 0.6) is 11.5 Å². The second kappa shape index (κ2) is 10.5. The molecule has 0 saturated carbocycles. The van der Waals surface area contributed by atoms with E-state index in [1.807, 2.05) is 6.92 Å². The van der Waals surface area contributed by atoms with Gasteiger partial charge in [-0.15, -0.1) is 0 Å². The molecule has 0 bridgehead atoms. The van der Waals surface area contributed by atoms with E-state index in [0.29, 0.717) is 23.8 Å². The Morgan fingerprint density at radius 2 is 1.69 bits per heavy atom. The van der Waals surface area contributed by atoms with Gasteiger partial charge >= 0.3 is 12.0 Å². The third-order valence-corrected chi connectivity index (χ3v) is 3.66. The minimum Gasteiger partial charge on any atom is -0.494 e. The first kappa shape index (κ1) is 21.5. The van der Waals surface area contributed by atoms with Gasteiger partial charge in [0.15, 0.2) is 6.10 Å². The van der Waals surface area contributed by atoms with E-state index in [4.69, 9.17) is 9.47 Å². The Morgan fingerprint density at radius 3 is 2.34 bits per heavy atom. The minimum absolute atomic E-state index is 0.284. The number of hydrogen-bond donors (Lipinski definition) is 3. The molecule has 0 aliphatic rings. The van der Waals surface area contributed by atoms with Crippen LogP contribution >= 0.6 is 0 Å². The molecule has 2 rings (SSSR count). The number of esters is 1. The summed E-state index contributed by atoms with van der Waals surface area (Å²) >= 11 is 0. The fourth-order valence-electron chi connectivity index (χ4n) is 2.26. The van der Waals surface area contributed by atoms with Gasteiger partial charge in [0.1, 0.15) is 11.5 Å². The number of anilines is 1. The van der Waals surface area contributed by atoms with Crippen LogP contribution in [0.3, 0.4) is 0 Å². The SMILES string of the molecule is CCOc1ccc(O[C@@H](C)C(=O)NNC(=O)Nc2cccc(C(=O)OC)c2)cc1. The Kier molecular flexibility index (Phi) is 7.84. The maximum Gasteiger partial charge on any atom is 0.337 e. The molecule has 29 heavy (non-hydrogen) atoms. The van der Waals surface area contributed by atoms with Crippen molar-refractivity contribution in [3.63, 3.8) is 0 Å². The van der Waals surface area contributed by atoms with Crippen LogP contribution in [0.2, 0.25) is 0 Å². The first-order chi connectivity index (χ1) is 13.9. The Bertz CT molecular complexity index is 854. The number of ether oxygens (including phenoxy) is 3. The molecule has 0 fully saturated rings. The molecule has 3 amide bonds. The zero-order valence-electron chi connectivity index (χ0n) is 16.4. The molecular formula is C20H23N3O6. The predicted octanol–water partition coefficient (Wildman–Crippen LogP) is 2.49. The van der Waals surface area contributed by atoms with Gasteiger partial charge < -0.3 is 19.5 Å². The minimum atomic E-state index is -0.851. The van der Waals surface area contributed by atoms with E-state index < -0.39 is 24.0 Å². The lowest BCUT2D eigenvalue weighted by atomic mass is 10.2. The fourth-order valence-corrected chi connectivity index (χ4v) is 2.26. The highest BCUT2D eigenvalue weighted by molar-refractivity contribution is 5.94. The summed E-state index contributed by atoms with van der Waals surface area (Å²) in [7, 11) is 1.27. The van der Waals surface area contributed by atoms with Gasteiger partial charge in [-0.1, -0.05) is 6.07 Å². The molecule has 0 aromatic heterocycles. The van der Waals surface area contributed by atoms with Crippen molar-refractivity contribution in [1.29, 1.82) is 0 Å². The number of nitrogens with one attached hydrogen (secondary N) is 3. The number of amides is 3. The lowest BCUT2D eigenvalue weighted by Gasteiger charge is -2.16. The van der Waals surface area contributed by atoms with Gasteiger partial charge in [0.05, 0.1) is 19.3 Å². The lowest BCUT2D eigenvalue weighted by molar-refractivity contribution is -0.127. The van der Waals surface area contributed by atoms with Crippen molar-refractivity contribution < 1.29 is 28.6 Å². The molecule has 0 unspecified atom stereocenters. The monoisotopic (exact) mass is 401 g/mol. The Morgan fingerprint density at radius 1 is 1.00 bits per heavy atom. The molecule has 3 N–H and O–H groups in total. The number of benzene rings is 2. The second-order valence-corrected chi connectivity index (χ2v) is 5.81. The van der Waals surface area contributed by atoms with Crippen molar-refractivity contribution in [2.75, 3.05) is 19.0 Å². The molecule has 2 aromatic carbocycles. The van der Waals surface area contributed by atoms with Gasteiger partial charge in [-0.2, -0.15) is 0 Å². The smallest absolute Gasteiger partial charge is 0.337 e. The summed E-state index contributed by atoms with van der Waals surface area (Å²) in [4.78, 5) is 35.5. The van der Waals surface area contributed by atoms with Crippen molar-refractivity contribution in [2.24, 2.45) is 0 Å². The van der Waals surface area contributed by atoms with Gasteiger partial charge in [-0.3, -0.25) is 10.2 Å². The Hall–Kier alpha value is -3.75. The standard InChI is InChI=1S/C20H23N3O6/c1-4-28-16-8-10-17(11-9-16)29-13(2)18(24)22-23-20(26)21-15-7-5-6-14(12-15)19(25)27-3/h5-13H,4H2,1-3H3,(H,22,24)(H2,21,23,26)/t13-/m0/s1. The van der Waals surface area contributed by atoms with Crippen LogP contribution in [0.4, 0.5) is 10.5 Å². The fraction of sp³-hybridized carbons (Fsp3) is 0.250. The number of hydrazine groups is 1. The number of methoxy groups -OCH3 is 1. The molecule has 0 heterocycles. The molecule has 9 nitrogen and oxygen atoms in total. The average molecular weight is 401 g/mol. The van der Waals surface area contributed by atoms with Crippen LogP contribution in [-0.4, -0.2) is 37.7 Å². The van der Waals surface area contributed by atoms with E-state index in [2.05, 4.69) is 20.9 Å². The molecule has 2 aromatic rings. The third kappa shape index (κ3) is 6.73. The van der Waals surface area contributed by atoms with Crippen molar-refractivity contribution in [3.05, 3.63) is 54.1 Å². The summed E-state index contributed by atoms with van der Waals surface area (Å²) in [5.74, 6) is 0.117. The van der Waals surface area contributed by atoms with Crippen molar-refractivity contribution >= 4 is 23.6 Å². The molecule has 9 heteroatoms. The van der Waals surface area contributed by atoms with Crippen molar-refractivity contribution in [2.45, 2.75) is 20.0 Å². The van der Waals surface area contributed by atoms with E-state index in [0.717, 1.165) is 0 Å². The largest absolute Gasteiger partial charge is 0.494 e. The van der Waals surface area contributed by atoms with Gasteiger partial charge in [-0.25, -0.2) is 15.0 Å². The van der Waals surface area contributed by atoms with E-state index in [1.165, 1.54) is 13.2 Å². The van der Waals surface area contributed by atoms with E-state index >= 15 is 0 Å². The molecule has 0 radical (unpaired) electrons. The molecule has 1 atom stereocenters. The van der Waals surface area contributed by atoms with E-state index in [9.17, 15) is 14.4 Å². The summed E-state index contributed by atoms with van der Waals surface area (Å²) in [6.07, 6.45) is -0.851. The van der Waals surface area contributed by atoms with Crippen LogP contribution in [0.15, 0.2) is 48.5 Å². The maximum atomic E-state index is 12.1. The normalized spacial score (nSPS) is 11.0. The highest BCUT2D eigenvalue weighted by Crippen LogP contribution is 2.18. The summed E-state index contributed by atoms with van der Waals surface area (Å²) in [6.45, 7) is 3.99. The molecule has 154 valence electrons. The van der Waals surface area contributed by atoms with Crippen LogP contribution < -0.4 is 25.6 Å². The lowest BCUT2D eigenvalue weighted by Crippen LogP contribution is -2.48. The molecular weight excluding hydrogens is 378 g/mol. The van der Waals surface area contributed by atoms with E-state index in [-0.39, 0.29) is 5.56 Å². The molecule has 0 saturated heterocycles. The van der Waals surface area contributed by atoms with Gasteiger partial charge in [0.25, 0.3) is 5.91 Å². The van der Waals surface area contributed by atoms with Crippen LogP contribution in [0.1, 0.15) is 24.2 Å². The van der Waals surface area contributed by atoms with Crippen LogP contribution in [0, 0.1) is 0 Å². The Labute approximate surface area is 168 Å². The third-order valence-electron chi connectivity index (χ3n) is 3.66. The number of carbonyl (C=O) groups is 3. The van der Waals surface area contributed by atoms with E-state index in [1.54, 1.807) is 49.4 Å². The highest BCUT2D eigenvalue weighted by atomic mass is 16.5. The molecule has 0 aliphatic heterocycles. The maximum absolute atomic E-state index is 12.1. The molecule has 0 spiro atoms. The Balaban J connectivity index is 1.81. The first-order valence-electron chi connectivity index (χ1n) is 8.87. The predicted molar refractivity (Wildman–Crippen MR) is 106 cm³/mol. The van der Waals surface area contributed by atoms with Crippen molar-refractivity contribution in [1.82, 2.24) is 10.9 Å². The van der Waals surface area contributed by atoms with Crippen LogP contribution in [0.25, 0.3) is 0 Å². The van der Waals surface area contributed by atoms with Crippen molar-refractivity contribution in [3.8, 4) is 11.5 Å². The topological polar surface area (TPSA) is 115 Å². The zero-order chi connectivity index (χ0) is 21.2. The summed E-state index contributed by atoms with van der Waals surface area (Å²) in [6, 6.07) is 12.3. The second-order valence-electron chi connectivity index (χ2n) is 5.81.